The molecule has 0 spiro atoms. The van der Waals surface area contributed by atoms with Crippen molar-refractivity contribution in [3.05, 3.63) is 84.1 Å². The Morgan fingerprint density at radius 3 is 2.44 bits per heavy atom. The molecule has 94 valence electrons. The molecule has 0 aliphatic carbocycles. The van der Waals surface area contributed by atoms with Gasteiger partial charge in [0.05, 0.1) is 0 Å². The Morgan fingerprint density at radius 1 is 1.17 bits per heavy atom. The quantitative estimate of drug-likeness (QED) is 0.727. The summed E-state index contributed by atoms with van der Waals surface area (Å²) in [6, 6.07) is 10.3. The summed E-state index contributed by atoms with van der Waals surface area (Å²) in [6.07, 6.45) is 6.01. The lowest BCUT2D eigenvalue weighted by molar-refractivity contribution is 0.823. The Kier molecular flexibility index (Phi) is 5.72. The van der Waals surface area contributed by atoms with Gasteiger partial charge in [0.1, 0.15) is 0 Å². The van der Waals surface area contributed by atoms with Gasteiger partial charge in [-0.25, -0.2) is 0 Å². The Morgan fingerprint density at radius 2 is 1.83 bits per heavy atom. The van der Waals surface area contributed by atoms with Crippen LogP contribution in [0.3, 0.4) is 0 Å². The van der Waals surface area contributed by atoms with Crippen LogP contribution in [-0.2, 0) is 6.54 Å². The van der Waals surface area contributed by atoms with Gasteiger partial charge in [0.15, 0.2) is 0 Å². The summed E-state index contributed by atoms with van der Waals surface area (Å²) < 4.78 is 0. The first kappa shape index (κ1) is 14.0. The molecule has 0 saturated heterocycles. The van der Waals surface area contributed by atoms with Crippen LogP contribution in [0.15, 0.2) is 78.6 Å². The molecule has 1 heteroatoms. The van der Waals surface area contributed by atoms with Crippen LogP contribution >= 0.6 is 0 Å². The van der Waals surface area contributed by atoms with E-state index in [-0.39, 0.29) is 0 Å². The van der Waals surface area contributed by atoms with Gasteiger partial charge in [-0.1, -0.05) is 67.3 Å². The van der Waals surface area contributed by atoms with Crippen molar-refractivity contribution in [1.82, 2.24) is 5.32 Å². The van der Waals surface area contributed by atoms with Crippen molar-refractivity contribution in [3.63, 3.8) is 0 Å². The third-order valence-electron chi connectivity index (χ3n) is 2.55. The zero-order chi connectivity index (χ0) is 13.4. The van der Waals surface area contributed by atoms with Gasteiger partial charge in [-0.3, -0.25) is 0 Å². The number of hydrogen-bond acceptors (Lipinski definition) is 1. The maximum absolute atomic E-state index is 4.03. The van der Waals surface area contributed by atoms with Crippen molar-refractivity contribution >= 4 is 0 Å². The van der Waals surface area contributed by atoms with Gasteiger partial charge in [-0.05, 0) is 25.0 Å². The number of allylic oxidation sites excluding steroid dienone is 5. The third-order valence-corrected chi connectivity index (χ3v) is 2.55. The fourth-order valence-electron chi connectivity index (χ4n) is 1.40. The first-order valence-corrected chi connectivity index (χ1v) is 6.07. The number of benzene rings is 1. The van der Waals surface area contributed by atoms with Gasteiger partial charge in [-0.15, -0.1) is 0 Å². The first-order chi connectivity index (χ1) is 8.59. The molecule has 1 rings (SSSR count). The Hall–Kier alpha value is -2.02. The Labute approximate surface area is 110 Å². The van der Waals surface area contributed by atoms with Crippen LogP contribution in [0.5, 0.6) is 0 Å². The maximum atomic E-state index is 4.03. The summed E-state index contributed by atoms with van der Waals surface area (Å²) in [5, 5.41) is 3.32. The molecule has 1 N–H and O–H groups in total. The second-order valence-electron chi connectivity index (χ2n) is 4.37. The van der Waals surface area contributed by atoms with Crippen molar-refractivity contribution in [3.8, 4) is 0 Å². The predicted octanol–water partition coefficient (Wildman–Crippen LogP) is 4.37. The molecule has 0 unspecified atom stereocenters. The molecule has 0 saturated carbocycles. The smallest absolute Gasteiger partial charge is 0.0400 e. The summed E-state index contributed by atoms with van der Waals surface area (Å²) in [5.41, 5.74) is 4.37. The fraction of sp³-hybridized carbons (Fsp3) is 0.176. The summed E-state index contributed by atoms with van der Waals surface area (Å²) in [7, 11) is 0. The van der Waals surface area contributed by atoms with Crippen molar-refractivity contribution < 1.29 is 0 Å². The maximum Gasteiger partial charge on any atom is 0.0400 e. The molecule has 0 fully saturated rings. The van der Waals surface area contributed by atoms with Gasteiger partial charge in [0.25, 0.3) is 0 Å². The second kappa shape index (κ2) is 7.33. The van der Waals surface area contributed by atoms with Crippen molar-refractivity contribution in [2.75, 3.05) is 0 Å². The zero-order valence-electron chi connectivity index (χ0n) is 11.2. The predicted molar refractivity (Wildman–Crippen MR) is 80.1 cm³/mol. The fourth-order valence-corrected chi connectivity index (χ4v) is 1.40. The monoisotopic (exact) mass is 239 g/mol. The second-order valence-corrected chi connectivity index (χ2v) is 4.37. The number of hydrogen-bond donors (Lipinski definition) is 1. The Bertz CT molecular complexity index is 464. The van der Waals surface area contributed by atoms with Gasteiger partial charge in [-0.2, -0.15) is 0 Å². The number of rotatable bonds is 6. The van der Waals surface area contributed by atoms with Gasteiger partial charge < -0.3 is 5.32 Å². The molecule has 0 bridgehead atoms. The highest BCUT2D eigenvalue weighted by Gasteiger charge is 1.95. The van der Waals surface area contributed by atoms with Crippen LogP contribution in [0.2, 0.25) is 0 Å². The molecule has 0 aliphatic heterocycles. The molecular weight excluding hydrogens is 218 g/mol. The van der Waals surface area contributed by atoms with E-state index >= 15 is 0 Å². The highest BCUT2D eigenvalue weighted by molar-refractivity contribution is 5.30. The van der Waals surface area contributed by atoms with Crippen LogP contribution in [0.25, 0.3) is 0 Å². The lowest BCUT2D eigenvalue weighted by Crippen LogP contribution is -2.12. The van der Waals surface area contributed by atoms with Gasteiger partial charge in [0.2, 0.25) is 0 Å². The highest BCUT2D eigenvalue weighted by atomic mass is 14.9. The molecule has 0 heterocycles. The van der Waals surface area contributed by atoms with E-state index in [0.29, 0.717) is 0 Å². The molecule has 0 radical (unpaired) electrons. The lowest BCUT2D eigenvalue weighted by atomic mass is 10.2. The van der Waals surface area contributed by atoms with Crippen molar-refractivity contribution in [1.29, 1.82) is 0 Å². The third kappa shape index (κ3) is 5.35. The average molecular weight is 239 g/mol. The van der Waals surface area contributed by atoms with E-state index in [1.807, 2.05) is 50.3 Å². The van der Waals surface area contributed by atoms with E-state index in [4.69, 9.17) is 0 Å². The average Bonchev–Trinajstić information content (AvgIpc) is 2.36. The SMILES string of the molecule is C=C(C)/C=C\C=C(/C)C(=C)NCc1ccccc1. The minimum atomic E-state index is 0.801. The first-order valence-electron chi connectivity index (χ1n) is 6.07. The van der Waals surface area contributed by atoms with E-state index in [1.54, 1.807) is 0 Å². The van der Waals surface area contributed by atoms with Crippen LogP contribution in [0.4, 0.5) is 0 Å². The van der Waals surface area contributed by atoms with Crippen LogP contribution in [0.1, 0.15) is 19.4 Å². The van der Waals surface area contributed by atoms with E-state index < -0.39 is 0 Å². The zero-order valence-corrected chi connectivity index (χ0v) is 11.2. The van der Waals surface area contributed by atoms with E-state index in [1.165, 1.54) is 5.56 Å². The van der Waals surface area contributed by atoms with Crippen LogP contribution in [0, 0.1) is 0 Å². The topological polar surface area (TPSA) is 12.0 Å². The molecule has 0 aliphatic rings. The standard InChI is InChI=1S/C17H21N/c1-14(2)9-8-10-15(3)16(4)18-13-17-11-6-5-7-12-17/h5-12,18H,1,4,13H2,2-3H3/b9-8-,15-10+. The summed E-state index contributed by atoms with van der Waals surface area (Å²) >= 11 is 0. The summed E-state index contributed by atoms with van der Waals surface area (Å²) in [6.45, 7) is 12.7. The summed E-state index contributed by atoms with van der Waals surface area (Å²) in [4.78, 5) is 0. The largest absolute Gasteiger partial charge is 0.381 e. The molecule has 18 heavy (non-hydrogen) atoms. The van der Waals surface area contributed by atoms with Gasteiger partial charge >= 0.3 is 0 Å². The molecule has 0 atom stereocenters. The van der Waals surface area contributed by atoms with Crippen LogP contribution in [-0.4, -0.2) is 0 Å². The van der Waals surface area contributed by atoms with Gasteiger partial charge in [0, 0.05) is 12.2 Å². The molecular formula is C17H21N. The highest BCUT2D eigenvalue weighted by Crippen LogP contribution is 2.06. The Balaban J connectivity index is 2.48. The van der Waals surface area contributed by atoms with Crippen LogP contribution < -0.4 is 5.32 Å². The minimum Gasteiger partial charge on any atom is -0.381 e. The van der Waals surface area contributed by atoms with Crippen molar-refractivity contribution in [2.24, 2.45) is 0 Å². The molecule has 0 aromatic heterocycles. The summed E-state index contributed by atoms with van der Waals surface area (Å²) in [5.74, 6) is 0. The number of nitrogens with one attached hydrogen (secondary N) is 1. The van der Waals surface area contributed by atoms with E-state index in [9.17, 15) is 0 Å². The minimum absolute atomic E-state index is 0.801. The lowest BCUT2D eigenvalue weighted by Gasteiger charge is -2.09. The molecule has 1 aromatic carbocycles. The van der Waals surface area contributed by atoms with E-state index in [2.05, 4.69) is 30.6 Å². The normalized spacial score (nSPS) is 11.6. The molecule has 0 amide bonds. The van der Waals surface area contributed by atoms with E-state index in [0.717, 1.165) is 23.4 Å². The molecule has 1 nitrogen and oxygen atoms in total. The molecule has 1 aromatic rings. The van der Waals surface area contributed by atoms with Crippen molar-refractivity contribution in [2.45, 2.75) is 20.4 Å².